The molecule has 2 aromatic rings. The van der Waals surface area contributed by atoms with E-state index in [2.05, 4.69) is 17.4 Å². The molecule has 1 aromatic heterocycles. The van der Waals surface area contributed by atoms with Crippen molar-refractivity contribution in [2.24, 2.45) is 5.92 Å². The predicted molar refractivity (Wildman–Crippen MR) is 78.6 cm³/mol. The average molecular weight is 286 g/mol. The minimum atomic E-state index is -0.234. The number of hydrogen-bond acceptors (Lipinski definition) is 4. The third-order valence-electron chi connectivity index (χ3n) is 3.83. The van der Waals surface area contributed by atoms with Gasteiger partial charge in [0.25, 0.3) is 5.91 Å². The Morgan fingerprint density at radius 3 is 3.14 bits per heavy atom. The number of fused-ring (bicyclic) bond motifs is 1. The minimum absolute atomic E-state index is 0.234. The summed E-state index contributed by atoms with van der Waals surface area (Å²) < 4.78 is 10.4. The zero-order chi connectivity index (χ0) is 14.8. The lowest BCUT2D eigenvalue weighted by molar-refractivity contribution is 0.101. The molecule has 0 spiro atoms. The van der Waals surface area contributed by atoms with Crippen LogP contribution in [0.15, 0.2) is 28.8 Å². The summed E-state index contributed by atoms with van der Waals surface area (Å²) in [5, 5.41) is 6.80. The monoisotopic (exact) mass is 286 g/mol. The van der Waals surface area contributed by atoms with Crippen molar-refractivity contribution in [3.8, 4) is 5.75 Å². The van der Waals surface area contributed by atoms with E-state index in [4.69, 9.17) is 9.26 Å². The lowest BCUT2D eigenvalue weighted by Gasteiger charge is -2.16. The summed E-state index contributed by atoms with van der Waals surface area (Å²) >= 11 is 0. The van der Waals surface area contributed by atoms with E-state index in [0.717, 1.165) is 30.6 Å². The van der Waals surface area contributed by atoms with Gasteiger partial charge in [0.15, 0.2) is 5.69 Å². The second-order valence-corrected chi connectivity index (χ2v) is 5.47. The second-order valence-electron chi connectivity index (χ2n) is 5.47. The SMILES string of the molecule is COc1cccc(NC(=O)c2noc3c2CC(C)CC3)c1. The van der Waals surface area contributed by atoms with Crippen molar-refractivity contribution in [3.63, 3.8) is 0 Å². The number of aromatic nitrogens is 1. The van der Waals surface area contributed by atoms with Crippen LogP contribution in [0.25, 0.3) is 0 Å². The Hall–Kier alpha value is -2.30. The fraction of sp³-hybridized carbons (Fsp3) is 0.375. The van der Waals surface area contributed by atoms with Crippen molar-refractivity contribution >= 4 is 11.6 Å². The van der Waals surface area contributed by atoms with Gasteiger partial charge in [0.2, 0.25) is 0 Å². The number of ether oxygens (including phenoxy) is 1. The number of nitrogens with one attached hydrogen (secondary N) is 1. The Balaban J connectivity index is 1.81. The smallest absolute Gasteiger partial charge is 0.278 e. The highest BCUT2D eigenvalue weighted by atomic mass is 16.5. The number of anilines is 1. The van der Waals surface area contributed by atoms with Crippen LogP contribution in [0.4, 0.5) is 5.69 Å². The van der Waals surface area contributed by atoms with E-state index in [0.29, 0.717) is 23.0 Å². The number of nitrogens with zero attached hydrogens (tertiary/aromatic N) is 1. The van der Waals surface area contributed by atoms with E-state index in [9.17, 15) is 4.79 Å². The molecule has 1 heterocycles. The molecule has 0 bridgehead atoms. The summed E-state index contributed by atoms with van der Waals surface area (Å²) in [4.78, 5) is 12.4. The van der Waals surface area contributed by atoms with E-state index >= 15 is 0 Å². The molecular formula is C16H18N2O3. The molecule has 21 heavy (non-hydrogen) atoms. The highest BCUT2D eigenvalue weighted by Gasteiger charge is 2.26. The molecule has 1 aliphatic carbocycles. The first-order valence-corrected chi connectivity index (χ1v) is 7.10. The fourth-order valence-corrected chi connectivity index (χ4v) is 2.65. The first-order chi connectivity index (χ1) is 10.2. The van der Waals surface area contributed by atoms with Crippen LogP contribution >= 0.6 is 0 Å². The molecule has 0 saturated carbocycles. The molecule has 1 unspecified atom stereocenters. The van der Waals surface area contributed by atoms with Crippen molar-refractivity contribution in [2.75, 3.05) is 12.4 Å². The number of amides is 1. The normalized spacial score (nSPS) is 17.1. The van der Waals surface area contributed by atoms with Crippen molar-refractivity contribution in [1.29, 1.82) is 0 Å². The maximum absolute atomic E-state index is 12.4. The number of hydrogen-bond donors (Lipinski definition) is 1. The van der Waals surface area contributed by atoms with E-state index < -0.39 is 0 Å². The van der Waals surface area contributed by atoms with E-state index in [1.54, 1.807) is 13.2 Å². The van der Waals surface area contributed by atoms with Crippen molar-refractivity contribution in [3.05, 3.63) is 41.3 Å². The van der Waals surface area contributed by atoms with E-state index in [-0.39, 0.29) is 5.91 Å². The number of aryl methyl sites for hydroxylation is 1. The van der Waals surface area contributed by atoms with Crippen LogP contribution in [0.3, 0.4) is 0 Å². The lowest BCUT2D eigenvalue weighted by Crippen LogP contribution is -2.17. The average Bonchev–Trinajstić information content (AvgIpc) is 2.90. The molecule has 1 N–H and O–H groups in total. The second kappa shape index (κ2) is 5.60. The fourth-order valence-electron chi connectivity index (χ4n) is 2.65. The zero-order valence-electron chi connectivity index (χ0n) is 12.2. The summed E-state index contributed by atoms with van der Waals surface area (Å²) in [6.07, 6.45) is 2.79. The van der Waals surface area contributed by atoms with Gasteiger partial charge in [0.05, 0.1) is 7.11 Å². The Bertz CT molecular complexity index is 663. The minimum Gasteiger partial charge on any atom is -0.497 e. The molecule has 0 aliphatic heterocycles. The Kier molecular flexibility index (Phi) is 3.64. The van der Waals surface area contributed by atoms with Gasteiger partial charge in [0, 0.05) is 23.7 Å². The van der Waals surface area contributed by atoms with E-state index in [1.807, 2.05) is 18.2 Å². The number of rotatable bonds is 3. The Morgan fingerprint density at radius 2 is 2.33 bits per heavy atom. The molecule has 5 nitrogen and oxygen atoms in total. The molecule has 0 fully saturated rings. The molecule has 1 aliphatic rings. The van der Waals surface area contributed by atoms with Gasteiger partial charge in [-0.05, 0) is 30.9 Å². The number of benzene rings is 1. The van der Waals surface area contributed by atoms with Crippen molar-refractivity contribution < 1.29 is 14.1 Å². The maximum Gasteiger partial charge on any atom is 0.278 e. The van der Waals surface area contributed by atoms with Crippen molar-refractivity contribution in [2.45, 2.75) is 26.2 Å². The van der Waals surface area contributed by atoms with Crippen LogP contribution in [-0.4, -0.2) is 18.2 Å². The summed E-state index contributed by atoms with van der Waals surface area (Å²) in [5.41, 5.74) is 2.04. The van der Waals surface area contributed by atoms with Crippen molar-refractivity contribution in [1.82, 2.24) is 5.16 Å². The highest BCUT2D eigenvalue weighted by Crippen LogP contribution is 2.28. The van der Waals surface area contributed by atoms with Gasteiger partial charge in [-0.1, -0.05) is 18.1 Å². The van der Waals surface area contributed by atoms with Gasteiger partial charge in [-0.3, -0.25) is 4.79 Å². The molecule has 3 rings (SSSR count). The van der Waals surface area contributed by atoms with Gasteiger partial charge in [-0.25, -0.2) is 0 Å². The van der Waals surface area contributed by atoms with Crippen LogP contribution in [0.1, 0.15) is 35.2 Å². The van der Waals surface area contributed by atoms with Gasteiger partial charge in [-0.15, -0.1) is 0 Å². The van der Waals surface area contributed by atoms with Gasteiger partial charge in [0.1, 0.15) is 11.5 Å². The zero-order valence-corrected chi connectivity index (χ0v) is 12.2. The molecular weight excluding hydrogens is 268 g/mol. The first kappa shape index (κ1) is 13.7. The molecule has 110 valence electrons. The van der Waals surface area contributed by atoms with Gasteiger partial charge < -0.3 is 14.6 Å². The Labute approximate surface area is 123 Å². The molecule has 1 atom stereocenters. The largest absolute Gasteiger partial charge is 0.497 e. The first-order valence-electron chi connectivity index (χ1n) is 7.10. The highest BCUT2D eigenvalue weighted by molar-refractivity contribution is 6.04. The third-order valence-corrected chi connectivity index (χ3v) is 3.83. The van der Waals surface area contributed by atoms with Crippen LogP contribution in [-0.2, 0) is 12.8 Å². The number of carbonyl (C=O) groups is 1. The summed E-state index contributed by atoms with van der Waals surface area (Å²) in [6.45, 7) is 2.18. The van der Waals surface area contributed by atoms with Crippen LogP contribution in [0.5, 0.6) is 5.75 Å². The summed E-state index contributed by atoms with van der Waals surface area (Å²) in [7, 11) is 1.59. The summed E-state index contributed by atoms with van der Waals surface area (Å²) in [6, 6.07) is 7.24. The molecule has 5 heteroatoms. The topological polar surface area (TPSA) is 64.4 Å². The maximum atomic E-state index is 12.4. The molecule has 0 radical (unpaired) electrons. The van der Waals surface area contributed by atoms with Gasteiger partial charge >= 0.3 is 0 Å². The standard InChI is InChI=1S/C16H18N2O3/c1-10-6-7-14-13(8-10)15(18-21-14)16(19)17-11-4-3-5-12(9-11)20-2/h3-5,9-10H,6-8H2,1-2H3,(H,17,19). The Morgan fingerprint density at radius 1 is 1.48 bits per heavy atom. The van der Waals surface area contributed by atoms with Crippen LogP contribution < -0.4 is 10.1 Å². The van der Waals surface area contributed by atoms with Gasteiger partial charge in [-0.2, -0.15) is 0 Å². The van der Waals surface area contributed by atoms with Crippen LogP contribution in [0, 0.1) is 5.92 Å². The molecule has 1 aromatic carbocycles. The lowest BCUT2D eigenvalue weighted by atomic mass is 9.88. The molecule has 1 amide bonds. The number of carbonyl (C=O) groups excluding carboxylic acids is 1. The molecule has 0 saturated heterocycles. The quantitative estimate of drug-likeness (QED) is 0.941. The van der Waals surface area contributed by atoms with E-state index in [1.165, 1.54) is 0 Å². The number of methoxy groups -OCH3 is 1. The van der Waals surface area contributed by atoms with Crippen LogP contribution in [0.2, 0.25) is 0 Å². The summed E-state index contributed by atoms with van der Waals surface area (Å²) in [5.74, 6) is 1.87. The third kappa shape index (κ3) is 2.77. The predicted octanol–water partition coefficient (Wildman–Crippen LogP) is 3.06.